The number of nitro benzene ring substituents is 1. The van der Waals surface area contributed by atoms with Gasteiger partial charge < -0.3 is 9.80 Å². The lowest BCUT2D eigenvalue weighted by Crippen LogP contribution is -2.49. The van der Waals surface area contributed by atoms with Crippen LogP contribution in [0.3, 0.4) is 0 Å². The van der Waals surface area contributed by atoms with E-state index in [4.69, 9.17) is 0 Å². The normalized spacial score (nSPS) is 15.2. The molecular formula is C19H15F6N3O3. The number of carbonyl (C=O) groups excluding carboxylic acids is 1. The molecule has 1 fully saturated rings. The molecule has 2 aromatic rings. The van der Waals surface area contributed by atoms with Crippen LogP contribution in [-0.2, 0) is 12.4 Å². The van der Waals surface area contributed by atoms with E-state index in [0.29, 0.717) is 17.8 Å². The topological polar surface area (TPSA) is 66.7 Å². The summed E-state index contributed by atoms with van der Waals surface area (Å²) in [5, 5.41) is 11.2. The van der Waals surface area contributed by atoms with Gasteiger partial charge in [-0.05, 0) is 24.3 Å². The molecule has 31 heavy (non-hydrogen) atoms. The van der Waals surface area contributed by atoms with Gasteiger partial charge in [0.2, 0.25) is 0 Å². The van der Waals surface area contributed by atoms with E-state index >= 15 is 0 Å². The Morgan fingerprint density at radius 1 is 0.871 bits per heavy atom. The number of benzene rings is 2. The molecule has 2 aromatic carbocycles. The van der Waals surface area contributed by atoms with Crippen LogP contribution >= 0.6 is 0 Å². The van der Waals surface area contributed by atoms with Crippen molar-refractivity contribution in [1.82, 2.24) is 4.90 Å². The second kappa shape index (κ2) is 8.08. The third-order valence-electron chi connectivity index (χ3n) is 4.82. The van der Waals surface area contributed by atoms with E-state index < -0.39 is 39.9 Å². The molecule has 0 atom stereocenters. The molecule has 3 rings (SSSR count). The zero-order chi connectivity index (χ0) is 23.0. The average molecular weight is 447 g/mol. The molecule has 1 aliphatic rings. The van der Waals surface area contributed by atoms with Crippen molar-refractivity contribution >= 4 is 17.3 Å². The lowest BCUT2D eigenvalue weighted by molar-refractivity contribution is -0.384. The molecule has 0 bridgehead atoms. The Kier molecular flexibility index (Phi) is 5.83. The summed E-state index contributed by atoms with van der Waals surface area (Å²) < 4.78 is 78.2. The Morgan fingerprint density at radius 3 is 1.87 bits per heavy atom. The van der Waals surface area contributed by atoms with Crippen LogP contribution in [0.5, 0.6) is 0 Å². The van der Waals surface area contributed by atoms with Crippen molar-refractivity contribution in [3.05, 3.63) is 69.3 Å². The molecule has 0 spiro atoms. The van der Waals surface area contributed by atoms with E-state index in [9.17, 15) is 41.3 Å². The minimum absolute atomic E-state index is 0.0253. The molecule has 0 saturated carbocycles. The largest absolute Gasteiger partial charge is 0.416 e. The fraction of sp³-hybridized carbons (Fsp3) is 0.316. The van der Waals surface area contributed by atoms with Crippen LogP contribution in [0.25, 0.3) is 0 Å². The highest BCUT2D eigenvalue weighted by Crippen LogP contribution is 2.36. The van der Waals surface area contributed by atoms with Crippen LogP contribution in [0.1, 0.15) is 21.5 Å². The van der Waals surface area contributed by atoms with Crippen molar-refractivity contribution in [2.45, 2.75) is 12.4 Å². The van der Waals surface area contributed by atoms with E-state index in [1.165, 1.54) is 18.2 Å². The summed E-state index contributed by atoms with van der Waals surface area (Å²) >= 11 is 0. The molecule has 166 valence electrons. The third kappa shape index (κ3) is 4.89. The van der Waals surface area contributed by atoms with Crippen molar-refractivity contribution < 1.29 is 36.1 Å². The fourth-order valence-corrected chi connectivity index (χ4v) is 3.30. The van der Waals surface area contributed by atoms with Crippen LogP contribution < -0.4 is 4.90 Å². The summed E-state index contributed by atoms with van der Waals surface area (Å²) in [5.41, 5.74) is -3.68. The minimum Gasteiger partial charge on any atom is -0.362 e. The predicted octanol–water partition coefficient (Wildman–Crippen LogP) is 4.59. The number of carbonyl (C=O) groups is 1. The molecule has 0 radical (unpaired) electrons. The van der Waals surface area contributed by atoms with E-state index in [0.717, 1.165) is 4.90 Å². The van der Waals surface area contributed by atoms with Gasteiger partial charge in [0, 0.05) is 37.8 Å². The van der Waals surface area contributed by atoms with Crippen molar-refractivity contribution in [1.29, 1.82) is 0 Å². The number of nitro groups is 1. The maximum absolute atomic E-state index is 13.0. The monoisotopic (exact) mass is 447 g/mol. The summed E-state index contributed by atoms with van der Waals surface area (Å²) in [6, 6.07) is 6.68. The highest BCUT2D eigenvalue weighted by molar-refractivity contribution is 5.95. The van der Waals surface area contributed by atoms with Crippen molar-refractivity contribution in [3.63, 3.8) is 0 Å². The fourth-order valence-electron chi connectivity index (χ4n) is 3.30. The maximum atomic E-state index is 13.0. The van der Waals surface area contributed by atoms with Crippen LogP contribution in [0.4, 0.5) is 37.7 Å². The lowest BCUT2D eigenvalue weighted by atomic mass is 10.0. The number of anilines is 1. The maximum Gasteiger partial charge on any atom is 0.416 e. The molecule has 0 unspecified atom stereocenters. The van der Waals surface area contributed by atoms with Gasteiger partial charge in [-0.25, -0.2) is 0 Å². The van der Waals surface area contributed by atoms with Crippen molar-refractivity contribution in [2.24, 2.45) is 0 Å². The number of alkyl halides is 6. The summed E-state index contributed by atoms with van der Waals surface area (Å²) in [6.45, 7) is 0.203. The van der Waals surface area contributed by atoms with E-state index in [1.54, 1.807) is 11.0 Å². The molecule has 1 heterocycles. The van der Waals surface area contributed by atoms with Crippen molar-refractivity contribution in [2.75, 3.05) is 31.1 Å². The third-order valence-corrected chi connectivity index (χ3v) is 4.82. The number of amides is 1. The number of halogens is 6. The standard InChI is InChI=1S/C19H15F6N3O3/c20-18(21,22)13-9-12(10-14(11-13)19(23,24)25)17(29)27-7-5-26(6-8-27)15-3-1-2-4-16(15)28(30)31/h1-4,9-11H,5-8H2. The van der Waals surface area contributed by atoms with Crippen molar-refractivity contribution in [3.8, 4) is 0 Å². The molecule has 0 aromatic heterocycles. The number of nitrogens with zero attached hydrogens (tertiary/aromatic N) is 3. The first kappa shape index (κ1) is 22.4. The first-order valence-electron chi connectivity index (χ1n) is 8.95. The Labute approximate surface area is 171 Å². The molecule has 1 saturated heterocycles. The van der Waals surface area contributed by atoms with E-state index in [-0.39, 0.29) is 37.9 Å². The van der Waals surface area contributed by atoms with Gasteiger partial charge in [-0.15, -0.1) is 0 Å². The predicted molar refractivity (Wildman–Crippen MR) is 97.7 cm³/mol. The second-order valence-electron chi connectivity index (χ2n) is 6.82. The Balaban J connectivity index is 1.82. The molecule has 0 N–H and O–H groups in total. The zero-order valence-electron chi connectivity index (χ0n) is 15.7. The van der Waals surface area contributed by atoms with Crippen LogP contribution in [0, 0.1) is 10.1 Å². The average Bonchev–Trinajstić information content (AvgIpc) is 2.71. The Hall–Kier alpha value is -3.31. The highest BCUT2D eigenvalue weighted by atomic mass is 19.4. The van der Waals surface area contributed by atoms with Gasteiger partial charge in [-0.1, -0.05) is 12.1 Å². The number of hydrogen-bond acceptors (Lipinski definition) is 4. The second-order valence-corrected chi connectivity index (χ2v) is 6.82. The molecule has 0 aliphatic carbocycles. The van der Waals surface area contributed by atoms with E-state index in [1.807, 2.05) is 0 Å². The van der Waals surface area contributed by atoms with Gasteiger partial charge >= 0.3 is 12.4 Å². The number of piperazine rings is 1. The van der Waals surface area contributed by atoms with Gasteiger partial charge in [-0.2, -0.15) is 26.3 Å². The van der Waals surface area contributed by atoms with Crippen LogP contribution in [0.15, 0.2) is 42.5 Å². The minimum atomic E-state index is -5.05. The first-order chi connectivity index (χ1) is 14.4. The van der Waals surface area contributed by atoms with Crippen LogP contribution in [-0.4, -0.2) is 41.9 Å². The molecule has 12 heteroatoms. The zero-order valence-corrected chi connectivity index (χ0v) is 15.7. The number of para-hydroxylation sites is 2. The Morgan fingerprint density at radius 2 is 1.39 bits per heavy atom. The quantitative estimate of drug-likeness (QED) is 0.392. The summed E-state index contributed by atoms with van der Waals surface area (Å²) in [7, 11) is 0. The SMILES string of the molecule is O=C(c1cc(C(F)(F)F)cc(C(F)(F)F)c1)N1CCN(c2ccccc2[N+](=O)[O-])CC1. The highest BCUT2D eigenvalue weighted by Gasteiger charge is 2.38. The van der Waals surface area contributed by atoms with E-state index in [2.05, 4.69) is 0 Å². The number of rotatable bonds is 3. The number of hydrogen-bond donors (Lipinski definition) is 0. The van der Waals surface area contributed by atoms with Gasteiger partial charge in [0.25, 0.3) is 11.6 Å². The lowest BCUT2D eigenvalue weighted by Gasteiger charge is -2.36. The summed E-state index contributed by atoms with van der Waals surface area (Å²) in [4.78, 5) is 26.0. The molecule has 1 amide bonds. The summed E-state index contributed by atoms with van der Waals surface area (Å²) in [5.74, 6) is -0.973. The summed E-state index contributed by atoms with van der Waals surface area (Å²) in [6.07, 6.45) is -10.1. The smallest absolute Gasteiger partial charge is 0.362 e. The first-order valence-corrected chi connectivity index (χ1v) is 8.95. The van der Waals surface area contributed by atoms with Crippen LogP contribution in [0.2, 0.25) is 0 Å². The van der Waals surface area contributed by atoms with Gasteiger partial charge in [0.1, 0.15) is 5.69 Å². The molecule has 1 aliphatic heterocycles. The van der Waals surface area contributed by atoms with Gasteiger partial charge in [-0.3, -0.25) is 14.9 Å². The van der Waals surface area contributed by atoms with Gasteiger partial charge in [0.05, 0.1) is 16.1 Å². The molecular weight excluding hydrogens is 432 g/mol. The Bertz CT molecular complexity index is 966. The molecule has 6 nitrogen and oxygen atoms in total. The van der Waals surface area contributed by atoms with Gasteiger partial charge in [0.15, 0.2) is 0 Å².